The highest BCUT2D eigenvalue weighted by Crippen LogP contribution is 2.24. The lowest BCUT2D eigenvalue weighted by molar-refractivity contribution is -0.129. The molecule has 1 saturated heterocycles. The summed E-state index contributed by atoms with van der Waals surface area (Å²) in [4.78, 5) is 12.0. The van der Waals surface area contributed by atoms with Crippen LogP contribution in [0, 0.1) is 5.41 Å². The Hall–Kier alpha value is 0.130. The summed E-state index contributed by atoms with van der Waals surface area (Å²) in [5.41, 5.74) is 5.26. The van der Waals surface area contributed by atoms with Crippen LogP contribution in [-0.2, 0) is 4.79 Å². The fourth-order valence-electron chi connectivity index (χ4n) is 1.47. The number of hydrogen-bond donors (Lipinski definition) is 2. The van der Waals surface area contributed by atoms with Gasteiger partial charge in [0.2, 0.25) is 5.91 Å². The second-order valence-electron chi connectivity index (χ2n) is 4.40. The molecule has 5 heteroatoms. The van der Waals surface area contributed by atoms with Gasteiger partial charge in [-0.05, 0) is 13.3 Å². The molecule has 3 nitrogen and oxygen atoms in total. The predicted octanol–water partition coefficient (Wildman–Crippen LogP) is 1.33. The van der Waals surface area contributed by atoms with E-state index in [4.69, 9.17) is 5.73 Å². The molecule has 0 spiro atoms. The first-order chi connectivity index (χ1) is 7.62. The molecule has 0 aromatic heterocycles. The number of hydrogen-bond acceptors (Lipinski definition) is 4. The van der Waals surface area contributed by atoms with Crippen LogP contribution in [0.15, 0.2) is 0 Å². The topological polar surface area (TPSA) is 55.1 Å². The number of nitrogens with one attached hydrogen (secondary N) is 1. The summed E-state index contributed by atoms with van der Waals surface area (Å²) in [6.07, 6.45) is 0.794. The van der Waals surface area contributed by atoms with Gasteiger partial charge in [-0.15, -0.1) is 0 Å². The number of carbonyl (C=O) groups is 1. The standard InChI is InChI=1S/C11H22N2OS2/c1-3-11(2,8-12)10(14)13-6-9-7-15-4-5-16-9/h9H,3-8,12H2,1-2H3,(H,13,14). The van der Waals surface area contributed by atoms with Crippen molar-refractivity contribution in [2.45, 2.75) is 25.5 Å². The van der Waals surface area contributed by atoms with Crippen molar-refractivity contribution in [3.63, 3.8) is 0 Å². The Labute approximate surface area is 107 Å². The monoisotopic (exact) mass is 262 g/mol. The SMILES string of the molecule is CCC(C)(CN)C(=O)NCC1CSCCS1. The largest absolute Gasteiger partial charge is 0.354 e. The van der Waals surface area contributed by atoms with Crippen LogP contribution in [0.1, 0.15) is 20.3 Å². The molecule has 0 aromatic carbocycles. The maximum absolute atomic E-state index is 12.0. The molecule has 0 radical (unpaired) electrons. The summed E-state index contributed by atoms with van der Waals surface area (Å²) in [6, 6.07) is 0. The first-order valence-corrected chi connectivity index (χ1v) is 8.00. The summed E-state index contributed by atoms with van der Waals surface area (Å²) in [7, 11) is 0. The minimum absolute atomic E-state index is 0.105. The van der Waals surface area contributed by atoms with Crippen LogP contribution in [-0.4, -0.2) is 41.5 Å². The average molecular weight is 262 g/mol. The smallest absolute Gasteiger partial charge is 0.227 e. The van der Waals surface area contributed by atoms with Crippen LogP contribution >= 0.6 is 23.5 Å². The molecule has 0 aliphatic carbocycles. The lowest BCUT2D eigenvalue weighted by Gasteiger charge is -2.27. The number of nitrogens with two attached hydrogens (primary N) is 1. The maximum Gasteiger partial charge on any atom is 0.227 e. The van der Waals surface area contributed by atoms with Crippen LogP contribution < -0.4 is 11.1 Å². The first kappa shape index (κ1) is 14.2. The molecule has 1 rings (SSSR count). The second kappa shape index (κ2) is 6.77. The lowest BCUT2D eigenvalue weighted by Crippen LogP contribution is -2.45. The van der Waals surface area contributed by atoms with Crippen molar-refractivity contribution in [1.82, 2.24) is 5.32 Å². The fraction of sp³-hybridized carbons (Fsp3) is 0.909. The van der Waals surface area contributed by atoms with Gasteiger partial charge in [-0.1, -0.05) is 6.92 Å². The number of amides is 1. The lowest BCUT2D eigenvalue weighted by atomic mass is 9.87. The fourth-order valence-corrected chi connectivity index (χ4v) is 4.08. The third kappa shape index (κ3) is 3.86. The van der Waals surface area contributed by atoms with Gasteiger partial charge in [0.1, 0.15) is 0 Å². The molecule has 94 valence electrons. The van der Waals surface area contributed by atoms with Crippen molar-refractivity contribution in [2.75, 3.05) is 30.3 Å². The molecule has 3 N–H and O–H groups in total. The van der Waals surface area contributed by atoms with Crippen molar-refractivity contribution in [2.24, 2.45) is 11.1 Å². The molecule has 1 fully saturated rings. The molecule has 2 atom stereocenters. The van der Waals surface area contributed by atoms with Gasteiger partial charge >= 0.3 is 0 Å². The third-order valence-electron chi connectivity index (χ3n) is 3.15. The number of carbonyl (C=O) groups excluding carboxylic acids is 1. The number of rotatable bonds is 5. The molecule has 0 aromatic rings. The Kier molecular flexibility index (Phi) is 6.00. The molecular weight excluding hydrogens is 240 g/mol. The van der Waals surface area contributed by atoms with Crippen LogP contribution in [0.4, 0.5) is 0 Å². The Bertz CT molecular complexity index is 226. The predicted molar refractivity (Wildman–Crippen MR) is 74.0 cm³/mol. The highest BCUT2D eigenvalue weighted by molar-refractivity contribution is 8.06. The summed E-state index contributed by atoms with van der Waals surface area (Å²) in [5.74, 6) is 3.70. The van der Waals surface area contributed by atoms with E-state index in [0.717, 1.165) is 18.7 Å². The summed E-state index contributed by atoms with van der Waals surface area (Å²) < 4.78 is 0. The van der Waals surface area contributed by atoms with Gasteiger partial charge in [0, 0.05) is 35.6 Å². The van der Waals surface area contributed by atoms with E-state index in [1.807, 2.05) is 37.4 Å². The van der Waals surface area contributed by atoms with E-state index in [-0.39, 0.29) is 5.91 Å². The average Bonchev–Trinajstić information content (AvgIpc) is 2.36. The molecule has 1 aliphatic heterocycles. The summed E-state index contributed by atoms with van der Waals surface area (Å²) in [6.45, 7) is 5.15. The van der Waals surface area contributed by atoms with Gasteiger partial charge in [-0.2, -0.15) is 23.5 Å². The van der Waals surface area contributed by atoms with E-state index >= 15 is 0 Å². The quantitative estimate of drug-likeness (QED) is 0.785. The molecule has 0 saturated carbocycles. The van der Waals surface area contributed by atoms with Gasteiger partial charge in [0.25, 0.3) is 0 Å². The molecule has 1 amide bonds. The van der Waals surface area contributed by atoms with Crippen LogP contribution in [0.25, 0.3) is 0 Å². The Morgan fingerprint density at radius 2 is 2.31 bits per heavy atom. The Balaban J connectivity index is 2.33. The van der Waals surface area contributed by atoms with Crippen molar-refractivity contribution in [3.05, 3.63) is 0 Å². The Morgan fingerprint density at radius 1 is 1.56 bits per heavy atom. The van der Waals surface area contributed by atoms with Crippen molar-refractivity contribution in [3.8, 4) is 0 Å². The van der Waals surface area contributed by atoms with Gasteiger partial charge in [-0.3, -0.25) is 4.79 Å². The van der Waals surface area contributed by atoms with Gasteiger partial charge in [-0.25, -0.2) is 0 Å². The zero-order valence-electron chi connectivity index (χ0n) is 10.1. The van der Waals surface area contributed by atoms with Crippen molar-refractivity contribution < 1.29 is 4.79 Å². The minimum Gasteiger partial charge on any atom is -0.354 e. The summed E-state index contributed by atoms with van der Waals surface area (Å²) in [5, 5.41) is 3.61. The van der Waals surface area contributed by atoms with Crippen LogP contribution in [0.2, 0.25) is 0 Å². The van der Waals surface area contributed by atoms with E-state index in [9.17, 15) is 4.79 Å². The highest BCUT2D eigenvalue weighted by Gasteiger charge is 2.29. The normalized spacial score (nSPS) is 24.8. The molecular formula is C11H22N2OS2. The highest BCUT2D eigenvalue weighted by atomic mass is 32.2. The van der Waals surface area contributed by atoms with Crippen molar-refractivity contribution >= 4 is 29.4 Å². The molecule has 16 heavy (non-hydrogen) atoms. The van der Waals surface area contributed by atoms with E-state index < -0.39 is 5.41 Å². The molecule has 1 aliphatic rings. The van der Waals surface area contributed by atoms with Crippen molar-refractivity contribution in [1.29, 1.82) is 0 Å². The van der Waals surface area contributed by atoms with E-state index in [1.54, 1.807) is 0 Å². The molecule has 2 unspecified atom stereocenters. The van der Waals surface area contributed by atoms with Gasteiger partial charge in [0.05, 0.1) is 5.41 Å². The minimum atomic E-state index is -0.396. The zero-order chi connectivity index (χ0) is 12.0. The van der Waals surface area contributed by atoms with Gasteiger partial charge < -0.3 is 11.1 Å². The van der Waals surface area contributed by atoms with E-state index in [1.165, 1.54) is 11.5 Å². The van der Waals surface area contributed by atoms with Crippen LogP contribution in [0.5, 0.6) is 0 Å². The third-order valence-corrected chi connectivity index (χ3v) is 6.00. The zero-order valence-corrected chi connectivity index (χ0v) is 11.8. The van der Waals surface area contributed by atoms with E-state index in [0.29, 0.717) is 11.8 Å². The second-order valence-corrected chi connectivity index (χ2v) is 6.95. The maximum atomic E-state index is 12.0. The number of thioether (sulfide) groups is 2. The summed E-state index contributed by atoms with van der Waals surface area (Å²) >= 11 is 3.94. The molecule has 0 bridgehead atoms. The van der Waals surface area contributed by atoms with E-state index in [2.05, 4.69) is 5.32 Å². The van der Waals surface area contributed by atoms with Crippen LogP contribution in [0.3, 0.4) is 0 Å². The Morgan fingerprint density at radius 3 is 2.81 bits per heavy atom. The first-order valence-electron chi connectivity index (χ1n) is 5.80. The van der Waals surface area contributed by atoms with Gasteiger partial charge in [0.15, 0.2) is 0 Å². The molecule has 1 heterocycles.